The standard InChI is InChI=1S/C23H30N2O2.ClH/c1-2-24-17-19-9-3-6-13-22(19)25-23(26)15-14-18-8-7-12-21(16-18)27-20-10-4-5-11-20;/h3,6-9,12-13,16,20,24H,2,4-5,10-11,14-15,17H2,1H3,(H,25,26);1H. The number of halogens is 1. The highest BCUT2D eigenvalue weighted by Gasteiger charge is 2.16. The molecular weight excluding hydrogens is 372 g/mol. The van der Waals surface area contributed by atoms with Gasteiger partial charge < -0.3 is 15.4 Å². The van der Waals surface area contributed by atoms with Gasteiger partial charge in [0.15, 0.2) is 0 Å². The van der Waals surface area contributed by atoms with E-state index in [2.05, 4.69) is 29.7 Å². The first-order valence-electron chi connectivity index (χ1n) is 10.1. The molecule has 152 valence electrons. The topological polar surface area (TPSA) is 50.4 Å². The van der Waals surface area contributed by atoms with Crippen LogP contribution < -0.4 is 15.4 Å². The SMILES string of the molecule is CCNCc1ccccc1NC(=O)CCc1cccc(OC2CCCC2)c1.Cl. The summed E-state index contributed by atoms with van der Waals surface area (Å²) in [5.41, 5.74) is 3.14. The molecule has 0 aromatic heterocycles. The average Bonchev–Trinajstić information content (AvgIpc) is 3.19. The monoisotopic (exact) mass is 402 g/mol. The summed E-state index contributed by atoms with van der Waals surface area (Å²) in [5.74, 6) is 0.969. The minimum absolute atomic E-state index is 0. The molecule has 0 unspecified atom stereocenters. The van der Waals surface area contributed by atoms with Crippen molar-refractivity contribution in [2.75, 3.05) is 11.9 Å². The first kappa shape index (κ1) is 22.3. The van der Waals surface area contributed by atoms with Gasteiger partial charge in [0.05, 0.1) is 6.10 Å². The van der Waals surface area contributed by atoms with Gasteiger partial charge in [-0.1, -0.05) is 37.3 Å². The average molecular weight is 403 g/mol. The molecule has 0 saturated heterocycles. The van der Waals surface area contributed by atoms with E-state index in [9.17, 15) is 4.79 Å². The maximum Gasteiger partial charge on any atom is 0.224 e. The van der Waals surface area contributed by atoms with Crippen LogP contribution in [0.3, 0.4) is 0 Å². The first-order chi connectivity index (χ1) is 13.2. The molecule has 1 aliphatic rings. The molecule has 5 heteroatoms. The van der Waals surface area contributed by atoms with Crippen molar-refractivity contribution >= 4 is 24.0 Å². The van der Waals surface area contributed by atoms with Crippen molar-refractivity contribution in [2.45, 2.75) is 58.1 Å². The van der Waals surface area contributed by atoms with E-state index in [0.29, 0.717) is 18.9 Å². The quantitative estimate of drug-likeness (QED) is 0.612. The highest BCUT2D eigenvalue weighted by Crippen LogP contribution is 2.25. The van der Waals surface area contributed by atoms with Gasteiger partial charge in [-0.15, -0.1) is 12.4 Å². The molecule has 3 rings (SSSR count). The van der Waals surface area contributed by atoms with E-state index in [1.165, 1.54) is 12.8 Å². The Bertz CT molecular complexity index is 745. The van der Waals surface area contributed by atoms with Crippen molar-refractivity contribution < 1.29 is 9.53 Å². The lowest BCUT2D eigenvalue weighted by molar-refractivity contribution is -0.116. The summed E-state index contributed by atoms with van der Waals surface area (Å²) in [6.07, 6.45) is 6.36. The zero-order chi connectivity index (χ0) is 18.9. The maximum atomic E-state index is 12.4. The predicted molar refractivity (Wildman–Crippen MR) is 117 cm³/mol. The molecule has 1 saturated carbocycles. The fourth-order valence-corrected chi connectivity index (χ4v) is 3.50. The Morgan fingerprint density at radius 3 is 2.68 bits per heavy atom. The molecule has 0 spiro atoms. The Morgan fingerprint density at radius 1 is 1.11 bits per heavy atom. The fraction of sp³-hybridized carbons (Fsp3) is 0.435. The van der Waals surface area contributed by atoms with Gasteiger partial charge in [-0.05, 0) is 68.0 Å². The van der Waals surface area contributed by atoms with Crippen LogP contribution in [0.1, 0.15) is 50.2 Å². The van der Waals surface area contributed by atoms with Crippen molar-refractivity contribution in [1.82, 2.24) is 5.32 Å². The zero-order valence-corrected chi connectivity index (χ0v) is 17.4. The van der Waals surface area contributed by atoms with Crippen molar-refractivity contribution in [3.63, 3.8) is 0 Å². The molecule has 1 aliphatic carbocycles. The van der Waals surface area contributed by atoms with E-state index in [-0.39, 0.29) is 18.3 Å². The number of aryl methyl sites for hydroxylation is 1. The van der Waals surface area contributed by atoms with Crippen LogP contribution in [0, 0.1) is 0 Å². The summed E-state index contributed by atoms with van der Waals surface area (Å²) in [6, 6.07) is 16.1. The molecule has 2 N–H and O–H groups in total. The van der Waals surface area contributed by atoms with Crippen LogP contribution >= 0.6 is 12.4 Å². The number of carbonyl (C=O) groups excluding carboxylic acids is 1. The summed E-state index contributed by atoms with van der Waals surface area (Å²) in [4.78, 5) is 12.4. The predicted octanol–water partition coefficient (Wildman–Crippen LogP) is 5.11. The van der Waals surface area contributed by atoms with Crippen LogP contribution in [0.2, 0.25) is 0 Å². The number of nitrogens with one attached hydrogen (secondary N) is 2. The number of para-hydroxylation sites is 1. The van der Waals surface area contributed by atoms with Crippen molar-refractivity contribution in [2.24, 2.45) is 0 Å². The minimum atomic E-state index is 0. The highest BCUT2D eigenvalue weighted by molar-refractivity contribution is 5.91. The molecule has 0 radical (unpaired) electrons. The van der Waals surface area contributed by atoms with E-state index in [1.807, 2.05) is 36.4 Å². The van der Waals surface area contributed by atoms with Crippen molar-refractivity contribution in [3.05, 3.63) is 59.7 Å². The number of rotatable bonds is 9. The number of benzene rings is 2. The van der Waals surface area contributed by atoms with Crippen LogP contribution in [0.15, 0.2) is 48.5 Å². The van der Waals surface area contributed by atoms with E-state index < -0.39 is 0 Å². The van der Waals surface area contributed by atoms with Crippen molar-refractivity contribution in [3.8, 4) is 5.75 Å². The molecule has 1 amide bonds. The van der Waals surface area contributed by atoms with Crippen LogP contribution in [-0.2, 0) is 17.8 Å². The number of hydrogen-bond acceptors (Lipinski definition) is 3. The number of amides is 1. The second-order valence-corrected chi connectivity index (χ2v) is 7.16. The summed E-state index contributed by atoms with van der Waals surface area (Å²) < 4.78 is 6.06. The molecule has 0 bridgehead atoms. The molecule has 0 heterocycles. The lowest BCUT2D eigenvalue weighted by Crippen LogP contribution is -2.17. The molecule has 1 fully saturated rings. The van der Waals surface area contributed by atoms with Crippen LogP contribution in [0.4, 0.5) is 5.69 Å². The summed E-state index contributed by atoms with van der Waals surface area (Å²) >= 11 is 0. The zero-order valence-electron chi connectivity index (χ0n) is 16.6. The molecule has 0 atom stereocenters. The maximum absolute atomic E-state index is 12.4. The molecular formula is C23H31ClN2O2. The number of ether oxygens (including phenoxy) is 1. The summed E-state index contributed by atoms with van der Waals surface area (Å²) in [7, 11) is 0. The Labute approximate surface area is 174 Å². The molecule has 0 aliphatic heterocycles. The second kappa shape index (κ2) is 11.7. The van der Waals surface area contributed by atoms with Crippen molar-refractivity contribution in [1.29, 1.82) is 0 Å². The lowest BCUT2D eigenvalue weighted by atomic mass is 10.1. The van der Waals surface area contributed by atoms with Gasteiger partial charge in [-0.25, -0.2) is 0 Å². The third kappa shape index (κ3) is 6.84. The Balaban J connectivity index is 0.00000280. The molecule has 2 aromatic rings. The molecule has 2 aromatic carbocycles. The smallest absolute Gasteiger partial charge is 0.224 e. The van der Waals surface area contributed by atoms with E-state index in [1.54, 1.807) is 0 Å². The number of hydrogen-bond donors (Lipinski definition) is 2. The van der Waals surface area contributed by atoms with Gasteiger partial charge in [0.1, 0.15) is 5.75 Å². The summed E-state index contributed by atoms with van der Waals surface area (Å²) in [5, 5.41) is 6.36. The highest BCUT2D eigenvalue weighted by atomic mass is 35.5. The molecule has 28 heavy (non-hydrogen) atoms. The fourth-order valence-electron chi connectivity index (χ4n) is 3.50. The first-order valence-corrected chi connectivity index (χ1v) is 10.1. The number of carbonyl (C=O) groups is 1. The van der Waals surface area contributed by atoms with Gasteiger partial charge in [-0.2, -0.15) is 0 Å². The number of anilines is 1. The van der Waals surface area contributed by atoms with Crippen LogP contribution in [-0.4, -0.2) is 18.6 Å². The van der Waals surface area contributed by atoms with E-state index in [4.69, 9.17) is 4.74 Å². The van der Waals surface area contributed by atoms with Crippen LogP contribution in [0.5, 0.6) is 5.75 Å². The van der Waals surface area contributed by atoms with Gasteiger partial charge >= 0.3 is 0 Å². The van der Waals surface area contributed by atoms with Gasteiger partial charge in [0.25, 0.3) is 0 Å². The third-order valence-corrected chi connectivity index (χ3v) is 5.00. The van der Waals surface area contributed by atoms with Gasteiger partial charge in [-0.3, -0.25) is 4.79 Å². The Kier molecular flexibility index (Phi) is 9.32. The van der Waals surface area contributed by atoms with Gasteiger partial charge in [0, 0.05) is 18.7 Å². The largest absolute Gasteiger partial charge is 0.490 e. The second-order valence-electron chi connectivity index (χ2n) is 7.16. The third-order valence-electron chi connectivity index (χ3n) is 5.00. The normalized spacial score (nSPS) is 13.8. The lowest BCUT2D eigenvalue weighted by Gasteiger charge is -2.14. The minimum Gasteiger partial charge on any atom is -0.490 e. The summed E-state index contributed by atoms with van der Waals surface area (Å²) in [6.45, 7) is 3.74. The molecule has 4 nitrogen and oxygen atoms in total. The Morgan fingerprint density at radius 2 is 1.89 bits per heavy atom. The van der Waals surface area contributed by atoms with E-state index in [0.717, 1.165) is 48.5 Å². The van der Waals surface area contributed by atoms with E-state index >= 15 is 0 Å². The van der Waals surface area contributed by atoms with Crippen LogP contribution in [0.25, 0.3) is 0 Å². The van der Waals surface area contributed by atoms with Gasteiger partial charge in [0.2, 0.25) is 5.91 Å². The Hall–Kier alpha value is -2.04.